The van der Waals surface area contributed by atoms with Crippen molar-refractivity contribution < 1.29 is 23.1 Å². The molecule has 30 heavy (non-hydrogen) atoms. The quantitative estimate of drug-likeness (QED) is 0.639. The number of piperidine rings is 1. The van der Waals surface area contributed by atoms with E-state index in [9.17, 15) is 9.59 Å². The number of likely N-dealkylation sites (tertiary alicyclic amines) is 2. The molecule has 0 saturated carbocycles. The molecule has 0 aliphatic carbocycles. The Labute approximate surface area is 181 Å². The summed E-state index contributed by atoms with van der Waals surface area (Å²) >= 11 is 6.25. The van der Waals surface area contributed by atoms with E-state index in [1.807, 2.05) is 0 Å². The van der Waals surface area contributed by atoms with Crippen LogP contribution in [0.1, 0.15) is 58.1 Å². The molecule has 0 spiro atoms. The number of carbonyl (C=O) groups is 2. The van der Waals surface area contributed by atoms with Crippen LogP contribution in [-0.4, -0.2) is 53.0 Å². The van der Waals surface area contributed by atoms with Crippen LogP contribution >= 0.6 is 11.6 Å². The maximum absolute atomic E-state index is 15.2. The second-order valence-electron chi connectivity index (χ2n) is 9.04. The summed E-state index contributed by atoms with van der Waals surface area (Å²) in [6.07, 6.45) is 0.886. The number of ether oxygens (including phenoxy) is 1. The second kappa shape index (κ2) is 8.69. The molecule has 0 aromatic heterocycles. The number of nitrogens with zero attached hydrogens (tertiary/aromatic N) is 2. The molecule has 0 unspecified atom stereocenters. The zero-order valence-electron chi connectivity index (χ0n) is 17.7. The average molecular weight is 443 g/mol. The van der Waals surface area contributed by atoms with Crippen molar-refractivity contribution in [2.45, 2.75) is 64.0 Å². The molecule has 5 nitrogen and oxygen atoms in total. The van der Waals surface area contributed by atoms with Crippen molar-refractivity contribution in [3.05, 3.63) is 34.9 Å². The number of hydrogen-bond donors (Lipinski definition) is 0. The summed E-state index contributed by atoms with van der Waals surface area (Å²) in [6, 6.07) is 6.64. The van der Waals surface area contributed by atoms with Gasteiger partial charge in [0, 0.05) is 30.6 Å². The fraction of sp³-hybridized carbons (Fsp3) is 0.636. The molecule has 1 aromatic rings. The molecule has 166 valence electrons. The Morgan fingerprint density at radius 3 is 2.30 bits per heavy atom. The minimum atomic E-state index is -3.48. The van der Waals surface area contributed by atoms with Gasteiger partial charge in [0.15, 0.2) is 0 Å². The number of benzene rings is 1. The number of halogens is 3. The third-order valence-electron chi connectivity index (χ3n) is 5.72. The standard InChI is InChI=1S/C22H29ClF2N2O3/c1-21(2,3)30-20(29)26-13-10-15(11-14-26)22(24,25)19(28)27-12-6-9-18(27)16-7-4-5-8-17(16)23/h4-5,7-8,15,18H,6,9-14H2,1-3H3/t18-/m0/s1. The first kappa shape index (κ1) is 22.8. The van der Waals surface area contributed by atoms with E-state index in [4.69, 9.17) is 16.3 Å². The predicted octanol–water partition coefficient (Wildman–Crippen LogP) is 5.29. The highest BCUT2D eigenvalue weighted by Crippen LogP contribution is 2.41. The van der Waals surface area contributed by atoms with E-state index in [-0.39, 0.29) is 25.9 Å². The Bertz CT molecular complexity index is 789. The molecule has 1 aromatic carbocycles. The first-order valence-corrected chi connectivity index (χ1v) is 10.8. The molecule has 1 atom stereocenters. The van der Waals surface area contributed by atoms with Gasteiger partial charge in [0.2, 0.25) is 0 Å². The third-order valence-corrected chi connectivity index (χ3v) is 6.07. The Hall–Kier alpha value is -1.89. The van der Waals surface area contributed by atoms with Crippen LogP contribution in [0.25, 0.3) is 0 Å². The summed E-state index contributed by atoms with van der Waals surface area (Å²) in [6.45, 7) is 5.87. The number of hydrogen-bond acceptors (Lipinski definition) is 3. The molecular weight excluding hydrogens is 414 g/mol. The van der Waals surface area contributed by atoms with Crippen molar-refractivity contribution in [2.24, 2.45) is 5.92 Å². The summed E-state index contributed by atoms with van der Waals surface area (Å²) in [4.78, 5) is 27.8. The summed E-state index contributed by atoms with van der Waals surface area (Å²) < 4.78 is 35.7. The second-order valence-corrected chi connectivity index (χ2v) is 9.45. The van der Waals surface area contributed by atoms with Gasteiger partial charge in [-0.05, 0) is 58.1 Å². The highest BCUT2D eigenvalue weighted by molar-refractivity contribution is 6.31. The normalized spacial score (nSPS) is 21.1. The lowest BCUT2D eigenvalue weighted by Gasteiger charge is -2.38. The molecular formula is C22H29ClF2N2O3. The van der Waals surface area contributed by atoms with Gasteiger partial charge in [0.25, 0.3) is 5.91 Å². The minimum absolute atomic E-state index is 0.0581. The van der Waals surface area contributed by atoms with E-state index in [1.54, 1.807) is 45.0 Å². The van der Waals surface area contributed by atoms with Gasteiger partial charge in [-0.1, -0.05) is 29.8 Å². The van der Waals surface area contributed by atoms with Gasteiger partial charge in [0.1, 0.15) is 5.60 Å². The minimum Gasteiger partial charge on any atom is -0.444 e. The molecule has 0 radical (unpaired) electrons. The highest BCUT2D eigenvalue weighted by Gasteiger charge is 2.52. The highest BCUT2D eigenvalue weighted by atomic mass is 35.5. The maximum Gasteiger partial charge on any atom is 0.410 e. The number of amides is 2. The Morgan fingerprint density at radius 2 is 1.70 bits per heavy atom. The topological polar surface area (TPSA) is 49.9 Å². The number of rotatable bonds is 3. The van der Waals surface area contributed by atoms with Crippen molar-refractivity contribution in [2.75, 3.05) is 19.6 Å². The predicted molar refractivity (Wildman–Crippen MR) is 111 cm³/mol. The van der Waals surface area contributed by atoms with Gasteiger partial charge in [0.05, 0.1) is 6.04 Å². The molecule has 2 heterocycles. The monoisotopic (exact) mass is 442 g/mol. The lowest BCUT2D eigenvalue weighted by molar-refractivity contribution is -0.169. The average Bonchev–Trinajstić information content (AvgIpc) is 3.16. The van der Waals surface area contributed by atoms with Gasteiger partial charge in [-0.2, -0.15) is 8.78 Å². The number of alkyl halides is 2. The van der Waals surface area contributed by atoms with Crippen molar-refractivity contribution in [1.82, 2.24) is 9.80 Å². The summed E-state index contributed by atoms with van der Waals surface area (Å²) in [7, 11) is 0. The van der Waals surface area contributed by atoms with Gasteiger partial charge >= 0.3 is 12.0 Å². The van der Waals surface area contributed by atoms with Crippen molar-refractivity contribution in [3.8, 4) is 0 Å². The van der Waals surface area contributed by atoms with Gasteiger partial charge in [-0.15, -0.1) is 0 Å². The molecule has 2 fully saturated rings. The van der Waals surface area contributed by atoms with Crippen molar-refractivity contribution in [1.29, 1.82) is 0 Å². The first-order chi connectivity index (χ1) is 14.0. The molecule has 2 aliphatic heterocycles. The summed E-state index contributed by atoms with van der Waals surface area (Å²) in [5.41, 5.74) is 0.0673. The Morgan fingerprint density at radius 1 is 1.07 bits per heavy atom. The number of carbonyl (C=O) groups excluding carboxylic acids is 2. The smallest absolute Gasteiger partial charge is 0.410 e. The fourth-order valence-corrected chi connectivity index (χ4v) is 4.46. The van der Waals surface area contributed by atoms with Crippen LogP contribution in [0.2, 0.25) is 5.02 Å². The van der Waals surface area contributed by atoms with Crippen LogP contribution in [0.5, 0.6) is 0 Å². The van der Waals surface area contributed by atoms with E-state index in [2.05, 4.69) is 0 Å². The summed E-state index contributed by atoms with van der Waals surface area (Å²) in [5, 5.41) is 0.483. The van der Waals surface area contributed by atoms with Crippen molar-refractivity contribution in [3.63, 3.8) is 0 Å². The SMILES string of the molecule is CC(C)(C)OC(=O)N1CCC(C(F)(F)C(=O)N2CCC[C@H]2c2ccccc2Cl)CC1. The van der Waals surface area contributed by atoms with E-state index >= 15 is 8.78 Å². The van der Waals surface area contributed by atoms with Crippen LogP contribution in [0.3, 0.4) is 0 Å². The third kappa shape index (κ3) is 4.88. The Balaban J connectivity index is 1.66. The zero-order chi connectivity index (χ0) is 22.1. The molecule has 8 heteroatoms. The van der Waals surface area contributed by atoms with Crippen LogP contribution < -0.4 is 0 Å². The van der Waals surface area contributed by atoms with E-state index in [1.165, 1.54) is 9.80 Å². The van der Waals surface area contributed by atoms with Crippen LogP contribution in [-0.2, 0) is 9.53 Å². The van der Waals surface area contributed by atoms with Crippen molar-refractivity contribution >= 4 is 23.6 Å². The molecule has 2 saturated heterocycles. The first-order valence-electron chi connectivity index (χ1n) is 10.4. The van der Waals surface area contributed by atoms with Crippen LogP contribution in [0.4, 0.5) is 13.6 Å². The molecule has 0 N–H and O–H groups in total. The maximum atomic E-state index is 15.2. The zero-order valence-corrected chi connectivity index (χ0v) is 18.4. The Kier molecular flexibility index (Phi) is 6.60. The van der Waals surface area contributed by atoms with Gasteiger partial charge in [-0.25, -0.2) is 4.79 Å². The lowest BCUT2D eigenvalue weighted by Crippen LogP contribution is -2.51. The van der Waals surface area contributed by atoms with E-state index < -0.39 is 35.5 Å². The van der Waals surface area contributed by atoms with Crippen LogP contribution in [0.15, 0.2) is 24.3 Å². The van der Waals surface area contributed by atoms with Gasteiger partial charge in [-0.3, -0.25) is 4.79 Å². The summed E-state index contributed by atoms with van der Waals surface area (Å²) in [5.74, 6) is -5.72. The van der Waals surface area contributed by atoms with Gasteiger partial charge < -0.3 is 14.5 Å². The molecule has 2 aliphatic rings. The lowest BCUT2D eigenvalue weighted by atomic mass is 9.89. The largest absolute Gasteiger partial charge is 0.444 e. The molecule has 0 bridgehead atoms. The van der Waals surface area contributed by atoms with E-state index in [0.29, 0.717) is 30.0 Å². The molecule has 2 amide bonds. The molecule has 3 rings (SSSR count). The fourth-order valence-electron chi connectivity index (χ4n) is 4.20. The van der Waals surface area contributed by atoms with E-state index in [0.717, 1.165) is 0 Å². The van der Waals surface area contributed by atoms with Crippen LogP contribution in [0, 0.1) is 5.92 Å².